The summed E-state index contributed by atoms with van der Waals surface area (Å²) in [6.45, 7) is 0.499. The van der Waals surface area contributed by atoms with Crippen molar-refractivity contribution in [1.82, 2.24) is 10.3 Å². The largest absolute Gasteiger partial charge is 0.352 e. The topological polar surface area (TPSA) is 54.0 Å². The fourth-order valence-electron chi connectivity index (χ4n) is 0.898. The van der Waals surface area contributed by atoms with E-state index in [0.29, 0.717) is 14.9 Å². The van der Waals surface area contributed by atoms with Gasteiger partial charge in [0.2, 0.25) is 0 Å². The molecule has 0 saturated carbocycles. The van der Waals surface area contributed by atoms with E-state index in [2.05, 4.69) is 15.6 Å². The maximum atomic E-state index is 11.0. The quantitative estimate of drug-likeness (QED) is 0.563. The third-order valence-electron chi connectivity index (χ3n) is 1.37. The number of rotatable bonds is 0. The molecule has 0 aromatic carbocycles. The number of nitrogens with zero attached hydrogens (tertiary/aromatic N) is 1. The Morgan fingerprint density at radius 3 is 3.30 bits per heavy atom. The van der Waals surface area contributed by atoms with Crippen molar-refractivity contribution < 1.29 is 4.79 Å². The number of anilines is 1. The van der Waals surface area contributed by atoms with Gasteiger partial charge in [0, 0.05) is 5.93 Å². The van der Waals surface area contributed by atoms with Crippen LogP contribution in [-0.2, 0) is 0 Å². The number of carbonyl (C=O) groups excluding carboxylic acids is 1. The predicted octanol–water partition coefficient (Wildman–Crippen LogP) is 0.226. The van der Waals surface area contributed by atoms with Gasteiger partial charge in [-0.05, 0) is 0 Å². The molecule has 0 fully saturated rings. The van der Waals surface area contributed by atoms with Gasteiger partial charge in [0.1, 0.15) is 5.82 Å². The van der Waals surface area contributed by atoms with Crippen LogP contribution in [0, 0.1) is 0 Å². The van der Waals surface area contributed by atoms with Crippen LogP contribution in [0.1, 0.15) is 10.1 Å². The number of hydrogen-bond donors (Lipinski definition) is 2. The minimum Gasteiger partial charge on any atom is -0.352 e. The molecule has 2 heterocycles. The maximum absolute atomic E-state index is 11.0. The van der Waals surface area contributed by atoms with Crippen LogP contribution in [0.15, 0.2) is 5.93 Å². The lowest BCUT2D eigenvalue weighted by Gasteiger charge is -2.12. The molecule has 1 amide bonds. The van der Waals surface area contributed by atoms with Gasteiger partial charge in [-0.3, -0.25) is 4.79 Å². The van der Waals surface area contributed by atoms with Crippen LogP contribution >= 0.6 is 8.19 Å². The van der Waals surface area contributed by atoms with E-state index in [-0.39, 0.29) is 5.91 Å². The molecule has 0 aliphatic carbocycles. The van der Waals surface area contributed by atoms with Crippen LogP contribution in [0.3, 0.4) is 0 Å². The normalized spacial score (nSPS) is 16.2. The summed E-state index contributed by atoms with van der Waals surface area (Å²) in [7, 11) is 0.432. The summed E-state index contributed by atoms with van der Waals surface area (Å²) in [4.78, 5) is 15.0. The second kappa shape index (κ2) is 1.99. The van der Waals surface area contributed by atoms with E-state index in [4.69, 9.17) is 0 Å². The molecule has 0 bridgehead atoms. The average Bonchev–Trinajstić information content (AvgIpc) is 2.36. The van der Waals surface area contributed by atoms with Crippen LogP contribution < -0.4 is 10.6 Å². The van der Waals surface area contributed by atoms with Crippen LogP contribution in [-0.4, -0.2) is 17.6 Å². The van der Waals surface area contributed by atoms with Gasteiger partial charge in [-0.25, -0.2) is 4.98 Å². The molecular weight excluding hydrogens is 149 g/mol. The van der Waals surface area contributed by atoms with Gasteiger partial charge in [0.05, 0.1) is 12.0 Å². The minimum absolute atomic E-state index is 0.0181. The van der Waals surface area contributed by atoms with E-state index in [1.54, 1.807) is 5.93 Å². The first kappa shape index (κ1) is 5.74. The third-order valence-corrected chi connectivity index (χ3v) is 2.38. The van der Waals surface area contributed by atoms with Gasteiger partial charge in [-0.2, -0.15) is 0 Å². The first-order valence-electron chi connectivity index (χ1n) is 2.93. The summed E-state index contributed by atoms with van der Waals surface area (Å²) in [5, 5.41) is 6.42. The Morgan fingerprint density at radius 2 is 2.50 bits per heavy atom. The SMILES string of the molecule is O=C1NCNc2nc[pH]c21. The summed E-state index contributed by atoms with van der Waals surface area (Å²) in [5.74, 6) is 2.54. The number of amides is 1. The molecule has 10 heavy (non-hydrogen) atoms. The smallest absolute Gasteiger partial charge is 0.260 e. The Kier molecular flexibility index (Phi) is 1.14. The molecule has 4 nitrogen and oxygen atoms in total. The molecule has 1 aliphatic heterocycles. The lowest BCUT2D eigenvalue weighted by atomic mass is 10.4. The fraction of sp³-hybridized carbons (Fsp3) is 0.200. The van der Waals surface area contributed by atoms with Crippen molar-refractivity contribution in [2.75, 3.05) is 12.0 Å². The first-order chi connectivity index (χ1) is 4.88. The van der Waals surface area contributed by atoms with Crippen LogP contribution in [0.4, 0.5) is 5.82 Å². The lowest BCUT2D eigenvalue weighted by Crippen LogP contribution is -2.33. The fourth-order valence-corrected chi connectivity index (χ4v) is 1.73. The maximum Gasteiger partial charge on any atom is 0.260 e. The molecule has 1 aliphatic rings. The minimum atomic E-state index is 0.0181. The molecular formula is C5H6N3OP. The zero-order chi connectivity index (χ0) is 6.97. The van der Waals surface area contributed by atoms with Gasteiger partial charge < -0.3 is 10.6 Å². The number of hydrogen-bond acceptors (Lipinski definition) is 3. The third kappa shape index (κ3) is 0.693. The Morgan fingerprint density at radius 1 is 1.60 bits per heavy atom. The molecule has 0 saturated heterocycles. The van der Waals surface area contributed by atoms with Crippen LogP contribution in [0.2, 0.25) is 0 Å². The molecule has 0 radical (unpaired) electrons. The van der Waals surface area contributed by atoms with Crippen LogP contribution in [0.5, 0.6) is 0 Å². The zero-order valence-electron chi connectivity index (χ0n) is 5.14. The zero-order valence-corrected chi connectivity index (χ0v) is 6.14. The molecule has 5 heteroatoms. The van der Waals surface area contributed by atoms with Gasteiger partial charge >= 0.3 is 0 Å². The molecule has 2 rings (SSSR count). The van der Waals surface area contributed by atoms with Crippen molar-refractivity contribution in [3.63, 3.8) is 0 Å². The number of aromatic nitrogens is 1. The predicted molar refractivity (Wildman–Crippen MR) is 39.7 cm³/mol. The highest BCUT2D eigenvalue weighted by Gasteiger charge is 2.16. The summed E-state index contributed by atoms with van der Waals surface area (Å²) in [5.41, 5.74) is 0. The number of nitrogens with one attached hydrogen (secondary N) is 2. The second-order valence-electron chi connectivity index (χ2n) is 1.99. The second-order valence-corrected chi connectivity index (χ2v) is 3.03. The van der Waals surface area contributed by atoms with Crippen molar-refractivity contribution >= 4 is 19.9 Å². The van der Waals surface area contributed by atoms with Crippen molar-refractivity contribution in [3.05, 3.63) is 11.2 Å². The van der Waals surface area contributed by atoms with Gasteiger partial charge in [0.15, 0.2) is 0 Å². The summed E-state index contributed by atoms with van der Waals surface area (Å²) >= 11 is 0. The molecule has 1 aromatic rings. The molecule has 1 unspecified atom stereocenters. The Labute approximate surface area is 59.1 Å². The van der Waals surface area contributed by atoms with Gasteiger partial charge in [-0.15, -0.1) is 8.19 Å². The average molecular weight is 155 g/mol. The van der Waals surface area contributed by atoms with Crippen molar-refractivity contribution in [2.45, 2.75) is 0 Å². The van der Waals surface area contributed by atoms with E-state index in [0.717, 1.165) is 11.1 Å². The number of carbonyl (C=O) groups is 1. The highest BCUT2D eigenvalue weighted by atomic mass is 31.0. The van der Waals surface area contributed by atoms with Gasteiger partial charge in [-0.1, -0.05) is 0 Å². The Bertz CT molecular complexity index is 270. The molecule has 52 valence electrons. The molecule has 0 spiro atoms. The van der Waals surface area contributed by atoms with E-state index in [1.165, 1.54) is 0 Å². The molecule has 1 atom stereocenters. The van der Waals surface area contributed by atoms with E-state index < -0.39 is 0 Å². The summed E-state index contributed by atoms with van der Waals surface area (Å²) in [6.07, 6.45) is 0. The number of fused-ring (bicyclic) bond motifs is 1. The highest BCUT2D eigenvalue weighted by Crippen LogP contribution is 2.24. The Hall–Kier alpha value is -1.02. The summed E-state index contributed by atoms with van der Waals surface area (Å²) in [6, 6.07) is 0. The van der Waals surface area contributed by atoms with E-state index in [1.807, 2.05) is 0 Å². The molecule has 2 N–H and O–H groups in total. The van der Waals surface area contributed by atoms with Crippen LogP contribution in [0.25, 0.3) is 0 Å². The monoisotopic (exact) mass is 155 g/mol. The lowest BCUT2D eigenvalue weighted by molar-refractivity contribution is 0.0957. The van der Waals surface area contributed by atoms with Crippen molar-refractivity contribution in [2.24, 2.45) is 0 Å². The Balaban J connectivity index is 2.50. The first-order valence-corrected chi connectivity index (χ1v) is 4.01. The summed E-state index contributed by atoms with van der Waals surface area (Å²) < 4.78 is 0. The van der Waals surface area contributed by atoms with E-state index in [9.17, 15) is 4.79 Å². The van der Waals surface area contributed by atoms with Crippen molar-refractivity contribution in [1.29, 1.82) is 0 Å². The van der Waals surface area contributed by atoms with E-state index >= 15 is 0 Å². The van der Waals surface area contributed by atoms with Crippen molar-refractivity contribution in [3.8, 4) is 0 Å². The standard InChI is InChI=1S/C5H6N3OP/c9-5-3-4(6-1-7-5)8-2-10-3/h2,6,10H,1H2,(H,7,9). The highest BCUT2D eigenvalue weighted by molar-refractivity contribution is 7.32. The molecule has 1 aromatic heterocycles. The van der Waals surface area contributed by atoms with Gasteiger partial charge in [0.25, 0.3) is 5.91 Å².